The van der Waals surface area contributed by atoms with Crippen LogP contribution in [0, 0.1) is 0 Å². The van der Waals surface area contributed by atoms with Crippen molar-refractivity contribution in [1.29, 1.82) is 0 Å². The average Bonchev–Trinajstić information content (AvgIpc) is 2.02. The fourth-order valence-electron chi connectivity index (χ4n) is 0.510. The zero-order chi connectivity index (χ0) is 11.4. The summed E-state index contributed by atoms with van der Waals surface area (Å²) < 4.78 is 36.1. The molecule has 0 aromatic carbocycles. The van der Waals surface area contributed by atoms with Crippen LogP contribution in [-0.4, -0.2) is 17.6 Å². The number of alkyl halides is 3. The lowest BCUT2D eigenvalue weighted by molar-refractivity contribution is -0.108. The number of nitrogens with zero attached hydrogens (tertiary/aromatic N) is 1. The van der Waals surface area contributed by atoms with Crippen LogP contribution >= 0.6 is 11.6 Å². The molecule has 0 atom stereocenters. The number of rotatable bonds is 3. The highest BCUT2D eigenvalue weighted by atomic mass is 35.5. The maximum atomic E-state index is 12.0. The van der Waals surface area contributed by atoms with Gasteiger partial charge in [-0.2, -0.15) is 13.2 Å². The van der Waals surface area contributed by atoms with E-state index in [1.54, 1.807) is 0 Å². The largest absolute Gasteiger partial charge is 0.433 e. The van der Waals surface area contributed by atoms with Crippen molar-refractivity contribution in [1.82, 2.24) is 0 Å². The Morgan fingerprint density at radius 1 is 1.50 bits per heavy atom. The van der Waals surface area contributed by atoms with Crippen LogP contribution in [-0.2, 0) is 4.79 Å². The summed E-state index contributed by atoms with van der Waals surface area (Å²) in [4.78, 5) is 13.4. The second-order valence-corrected chi connectivity index (χ2v) is 2.57. The van der Waals surface area contributed by atoms with Crippen molar-refractivity contribution in [3.8, 4) is 0 Å². The van der Waals surface area contributed by atoms with Crippen molar-refractivity contribution in [3.05, 3.63) is 23.9 Å². The van der Waals surface area contributed by atoms with E-state index >= 15 is 0 Å². The lowest BCUT2D eigenvalue weighted by Crippen LogP contribution is -2.10. The molecule has 0 heterocycles. The van der Waals surface area contributed by atoms with Gasteiger partial charge in [0, 0.05) is 11.8 Å². The minimum Gasteiger partial charge on any atom is -0.276 e. The summed E-state index contributed by atoms with van der Waals surface area (Å²) in [6, 6.07) is 0. The van der Waals surface area contributed by atoms with Crippen LogP contribution in [0.25, 0.3) is 0 Å². The van der Waals surface area contributed by atoms with Crippen LogP contribution in [0.2, 0.25) is 0 Å². The minimum absolute atomic E-state index is 0.296. The third-order valence-electron chi connectivity index (χ3n) is 1.18. The summed E-state index contributed by atoms with van der Waals surface area (Å²) in [6.07, 6.45) is -3.08. The molecular weight excluding hydrogens is 219 g/mol. The third kappa shape index (κ3) is 4.23. The van der Waals surface area contributed by atoms with Gasteiger partial charge in [0.2, 0.25) is 0 Å². The van der Waals surface area contributed by atoms with Gasteiger partial charge in [-0.1, -0.05) is 12.7 Å². The molecule has 0 N–H and O–H groups in total. The van der Waals surface area contributed by atoms with E-state index in [1.165, 1.54) is 6.92 Å². The number of halogens is 4. The van der Waals surface area contributed by atoms with E-state index in [0.29, 0.717) is 6.21 Å². The number of hydrogen-bond acceptors (Lipinski definition) is 2. The number of carbonyl (C=O) groups is 1. The number of aliphatic imine (C=N–C) groups is 1. The lowest BCUT2D eigenvalue weighted by atomic mass is 10.3. The summed E-state index contributed by atoms with van der Waals surface area (Å²) >= 11 is 4.94. The SMILES string of the molecule is C=C(C=N/C(=C\C)C(F)(F)F)C(=O)Cl. The van der Waals surface area contributed by atoms with Crippen LogP contribution in [0.15, 0.2) is 28.9 Å². The molecule has 78 valence electrons. The molecule has 2 nitrogen and oxygen atoms in total. The summed E-state index contributed by atoms with van der Waals surface area (Å²) in [7, 11) is 0. The molecule has 0 spiro atoms. The van der Waals surface area contributed by atoms with E-state index < -0.39 is 17.1 Å². The molecular formula is C8H7ClF3NO. The second kappa shape index (κ2) is 4.95. The summed E-state index contributed by atoms with van der Waals surface area (Å²) in [5.74, 6) is 0. The first-order chi connectivity index (χ1) is 6.29. The number of hydrogen-bond donors (Lipinski definition) is 0. The van der Waals surface area contributed by atoms with E-state index in [-0.39, 0.29) is 5.57 Å². The molecule has 0 aromatic rings. The van der Waals surface area contributed by atoms with Crippen LogP contribution in [0.3, 0.4) is 0 Å². The van der Waals surface area contributed by atoms with Gasteiger partial charge in [-0.3, -0.25) is 9.79 Å². The van der Waals surface area contributed by atoms with Crippen molar-refractivity contribution in [3.63, 3.8) is 0 Å². The Morgan fingerprint density at radius 2 is 2.00 bits per heavy atom. The monoisotopic (exact) mass is 225 g/mol. The Kier molecular flexibility index (Phi) is 4.56. The average molecular weight is 226 g/mol. The smallest absolute Gasteiger partial charge is 0.276 e. The third-order valence-corrected chi connectivity index (χ3v) is 1.42. The quantitative estimate of drug-likeness (QED) is 0.413. The zero-order valence-electron chi connectivity index (χ0n) is 7.23. The van der Waals surface area contributed by atoms with Gasteiger partial charge >= 0.3 is 6.18 Å². The van der Waals surface area contributed by atoms with Crippen molar-refractivity contribution < 1.29 is 18.0 Å². The van der Waals surface area contributed by atoms with E-state index in [0.717, 1.165) is 6.08 Å². The number of carbonyl (C=O) groups excluding carboxylic acids is 1. The molecule has 0 saturated heterocycles. The van der Waals surface area contributed by atoms with Gasteiger partial charge in [-0.05, 0) is 18.5 Å². The van der Waals surface area contributed by atoms with Crippen LogP contribution in [0.4, 0.5) is 13.2 Å². The first-order valence-electron chi connectivity index (χ1n) is 3.45. The summed E-state index contributed by atoms with van der Waals surface area (Å²) in [5.41, 5.74) is -1.40. The van der Waals surface area contributed by atoms with E-state index in [1.807, 2.05) is 0 Å². The fraction of sp³-hybridized carbons (Fsp3) is 0.250. The van der Waals surface area contributed by atoms with Gasteiger partial charge in [0.05, 0.1) is 0 Å². The highest BCUT2D eigenvalue weighted by Gasteiger charge is 2.32. The van der Waals surface area contributed by atoms with Gasteiger partial charge < -0.3 is 0 Å². The topological polar surface area (TPSA) is 29.4 Å². The molecule has 0 radical (unpaired) electrons. The summed E-state index contributed by atoms with van der Waals surface area (Å²) in [6.45, 7) is 4.30. The highest BCUT2D eigenvalue weighted by molar-refractivity contribution is 6.69. The van der Waals surface area contributed by atoms with Gasteiger partial charge in [0.1, 0.15) is 5.70 Å². The van der Waals surface area contributed by atoms with E-state index in [9.17, 15) is 18.0 Å². The van der Waals surface area contributed by atoms with Gasteiger partial charge in [-0.25, -0.2) is 0 Å². The maximum absolute atomic E-state index is 12.0. The minimum atomic E-state index is -4.54. The Labute approximate surface area is 83.8 Å². The molecule has 0 aliphatic heterocycles. The summed E-state index contributed by atoms with van der Waals surface area (Å²) in [5, 5.41) is -0.939. The van der Waals surface area contributed by atoms with Crippen molar-refractivity contribution in [2.24, 2.45) is 4.99 Å². The normalized spacial score (nSPS) is 13.4. The van der Waals surface area contributed by atoms with E-state index in [4.69, 9.17) is 11.6 Å². The standard InChI is InChI=1S/C8H7ClF3NO/c1-3-6(8(10,11)12)13-4-5(2)7(9)14/h3-4H,2H2,1H3/b6-3-,13-4?. The molecule has 6 heteroatoms. The molecule has 0 aliphatic carbocycles. The second-order valence-electron chi connectivity index (χ2n) is 2.23. The van der Waals surface area contributed by atoms with Crippen molar-refractivity contribution >= 4 is 23.1 Å². The maximum Gasteiger partial charge on any atom is 0.433 e. The highest BCUT2D eigenvalue weighted by Crippen LogP contribution is 2.26. The van der Waals surface area contributed by atoms with Crippen molar-refractivity contribution in [2.45, 2.75) is 13.1 Å². The van der Waals surface area contributed by atoms with Crippen molar-refractivity contribution in [2.75, 3.05) is 0 Å². The molecule has 0 saturated carbocycles. The molecule has 0 amide bonds. The Balaban J connectivity index is 4.67. The predicted molar refractivity (Wildman–Crippen MR) is 48.3 cm³/mol. The first kappa shape index (κ1) is 12.9. The van der Waals surface area contributed by atoms with E-state index in [2.05, 4.69) is 11.6 Å². The molecule has 0 aliphatic rings. The molecule has 14 heavy (non-hydrogen) atoms. The lowest BCUT2D eigenvalue weighted by Gasteiger charge is -2.04. The molecule has 0 bridgehead atoms. The first-order valence-corrected chi connectivity index (χ1v) is 3.83. The zero-order valence-corrected chi connectivity index (χ0v) is 7.99. The number of allylic oxidation sites excluding steroid dienone is 3. The van der Waals surface area contributed by atoms with Gasteiger partial charge in [0.15, 0.2) is 0 Å². The molecule has 0 unspecified atom stereocenters. The Morgan fingerprint density at radius 3 is 2.29 bits per heavy atom. The van der Waals surface area contributed by atoms with Gasteiger partial charge in [-0.15, -0.1) is 0 Å². The Hall–Kier alpha value is -1.10. The molecule has 0 fully saturated rings. The van der Waals surface area contributed by atoms with Gasteiger partial charge in [0.25, 0.3) is 5.24 Å². The molecule has 0 rings (SSSR count). The van der Waals surface area contributed by atoms with Crippen LogP contribution in [0.1, 0.15) is 6.92 Å². The molecule has 0 aromatic heterocycles. The Bertz CT molecular complexity index is 304. The fourth-order valence-corrected chi connectivity index (χ4v) is 0.558. The van der Waals surface area contributed by atoms with Crippen LogP contribution < -0.4 is 0 Å². The van der Waals surface area contributed by atoms with Crippen LogP contribution in [0.5, 0.6) is 0 Å². The predicted octanol–water partition coefficient (Wildman–Crippen LogP) is 2.84.